The molecule has 0 spiro atoms. The maximum atomic E-state index is 12.2. The molecule has 2 N–H and O–H groups in total. The van der Waals surface area contributed by atoms with Gasteiger partial charge < -0.3 is 0 Å². The Morgan fingerprint density at radius 2 is 1.10 bits per heavy atom. The van der Waals surface area contributed by atoms with Crippen LogP contribution in [0.3, 0.4) is 0 Å². The van der Waals surface area contributed by atoms with Crippen LogP contribution >= 0.6 is 55.1 Å². The van der Waals surface area contributed by atoms with E-state index in [1.807, 2.05) is 0 Å². The third-order valence-electron chi connectivity index (χ3n) is 3.85. The third kappa shape index (κ3) is 7.66. The standard InChI is InChI=1S/C16H18Br2Cl2N4O4S2/c17-13-7-11(9-21-15(13)19)29(25,26)23-5-3-1-2-4-6-24-30(27,28)12-8-14(18)16(20)22-10-12/h7-10,23-24H,1-6H2. The summed E-state index contributed by atoms with van der Waals surface area (Å²) in [6.45, 7) is 0.525. The molecule has 0 aromatic carbocycles. The van der Waals surface area contributed by atoms with Gasteiger partial charge in [-0.1, -0.05) is 36.0 Å². The first-order valence-corrected chi connectivity index (χ1v) is 14.0. The number of nitrogens with zero attached hydrogens (tertiary/aromatic N) is 2. The van der Waals surface area contributed by atoms with E-state index in [1.165, 1.54) is 24.5 Å². The topological polar surface area (TPSA) is 118 Å². The van der Waals surface area contributed by atoms with Gasteiger partial charge in [-0.05, 0) is 56.8 Å². The van der Waals surface area contributed by atoms with Crippen LogP contribution in [0.5, 0.6) is 0 Å². The molecule has 2 aromatic rings. The van der Waals surface area contributed by atoms with Gasteiger partial charge in [-0.2, -0.15) is 0 Å². The first-order valence-electron chi connectivity index (χ1n) is 8.64. The number of aromatic nitrogens is 2. The lowest BCUT2D eigenvalue weighted by Crippen LogP contribution is -2.25. The molecule has 0 aliphatic carbocycles. The number of rotatable bonds is 11. The first kappa shape index (κ1) is 25.9. The van der Waals surface area contributed by atoms with E-state index in [1.54, 1.807) is 0 Å². The molecule has 0 atom stereocenters. The van der Waals surface area contributed by atoms with E-state index in [0.29, 0.717) is 21.8 Å². The number of unbranched alkanes of at least 4 members (excludes halogenated alkanes) is 3. The largest absolute Gasteiger partial charge is 0.242 e. The quantitative estimate of drug-likeness (QED) is 0.287. The third-order valence-corrected chi connectivity index (χ3v) is 8.97. The van der Waals surface area contributed by atoms with E-state index in [2.05, 4.69) is 51.3 Å². The predicted molar refractivity (Wildman–Crippen MR) is 123 cm³/mol. The van der Waals surface area contributed by atoms with E-state index >= 15 is 0 Å². The minimum absolute atomic E-state index is 0.0245. The molecule has 0 saturated carbocycles. The molecule has 0 unspecified atom stereocenters. The van der Waals surface area contributed by atoms with Crippen LogP contribution in [-0.2, 0) is 20.0 Å². The summed E-state index contributed by atoms with van der Waals surface area (Å²) < 4.78 is 54.7. The van der Waals surface area contributed by atoms with E-state index in [0.717, 1.165) is 12.8 Å². The van der Waals surface area contributed by atoms with Crippen molar-refractivity contribution in [3.8, 4) is 0 Å². The Hall–Kier alpha value is -0.340. The fourth-order valence-electron chi connectivity index (χ4n) is 2.28. The first-order chi connectivity index (χ1) is 14.0. The highest BCUT2D eigenvalue weighted by atomic mass is 79.9. The summed E-state index contributed by atoms with van der Waals surface area (Å²) in [5.41, 5.74) is 0. The van der Waals surface area contributed by atoms with Crippen LogP contribution in [0.25, 0.3) is 0 Å². The van der Waals surface area contributed by atoms with Gasteiger partial charge in [0, 0.05) is 25.5 Å². The van der Waals surface area contributed by atoms with Crippen molar-refractivity contribution in [2.45, 2.75) is 35.5 Å². The average molecular weight is 625 g/mol. The SMILES string of the molecule is O=S(=O)(NCCCCCCNS(=O)(=O)c1cnc(Cl)c(Br)c1)c1cnc(Cl)c(Br)c1. The van der Waals surface area contributed by atoms with Crippen molar-refractivity contribution in [2.24, 2.45) is 0 Å². The van der Waals surface area contributed by atoms with Crippen LogP contribution in [0.4, 0.5) is 0 Å². The van der Waals surface area contributed by atoms with Crippen LogP contribution in [0.15, 0.2) is 43.3 Å². The Morgan fingerprint density at radius 3 is 1.43 bits per heavy atom. The molecule has 0 amide bonds. The Kier molecular flexibility index (Phi) is 9.94. The van der Waals surface area contributed by atoms with Gasteiger partial charge in [0.25, 0.3) is 0 Å². The van der Waals surface area contributed by atoms with Crippen molar-refractivity contribution < 1.29 is 16.8 Å². The summed E-state index contributed by atoms with van der Waals surface area (Å²) in [6.07, 6.45) is 5.08. The Balaban J connectivity index is 1.68. The predicted octanol–water partition coefficient (Wildman–Crippen LogP) is 4.13. The summed E-state index contributed by atoms with van der Waals surface area (Å²) >= 11 is 17.8. The highest BCUT2D eigenvalue weighted by Crippen LogP contribution is 2.23. The molecule has 0 aliphatic rings. The van der Waals surface area contributed by atoms with Crippen molar-refractivity contribution in [2.75, 3.05) is 13.1 Å². The zero-order valence-corrected chi connectivity index (χ0v) is 21.7. The zero-order chi connectivity index (χ0) is 22.4. The van der Waals surface area contributed by atoms with Crippen molar-refractivity contribution >= 4 is 75.1 Å². The van der Waals surface area contributed by atoms with Gasteiger partial charge in [0.05, 0.1) is 8.95 Å². The Morgan fingerprint density at radius 1 is 0.733 bits per heavy atom. The second-order valence-electron chi connectivity index (χ2n) is 6.10. The highest BCUT2D eigenvalue weighted by molar-refractivity contribution is 9.10. The van der Waals surface area contributed by atoms with Crippen LogP contribution in [0, 0.1) is 0 Å². The van der Waals surface area contributed by atoms with Gasteiger partial charge in [0.1, 0.15) is 20.1 Å². The molecule has 0 bridgehead atoms. The van der Waals surface area contributed by atoms with Crippen LogP contribution in [0.2, 0.25) is 10.3 Å². The molecule has 0 fully saturated rings. The molecule has 0 aliphatic heterocycles. The monoisotopic (exact) mass is 622 g/mol. The van der Waals surface area contributed by atoms with Crippen molar-refractivity contribution in [1.29, 1.82) is 0 Å². The normalized spacial score (nSPS) is 12.3. The molecule has 2 aromatic heterocycles. The van der Waals surface area contributed by atoms with Crippen LogP contribution in [-0.4, -0.2) is 39.9 Å². The van der Waals surface area contributed by atoms with Gasteiger partial charge in [0.15, 0.2) is 0 Å². The number of halogens is 4. The molecule has 14 heteroatoms. The maximum absolute atomic E-state index is 12.2. The fourth-order valence-corrected chi connectivity index (χ4v) is 5.58. The van der Waals surface area contributed by atoms with Crippen LogP contribution in [0.1, 0.15) is 25.7 Å². The number of hydrogen-bond acceptors (Lipinski definition) is 6. The summed E-state index contributed by atoms with van der Waals surface area (Å²) in [5, 5.41) is 0.370. The van der Waals surface area contributed by atoms with Gasteiger partial charge in [0.2, 0.25) is 20.0 Å². The molecule has 2 heterocycles. The minimum Gasteiger partial charge on any atom is -0.242 e. The van der Waals surface area contributed by atoms with E-state index < -0.39 is 20.0 Å². The second-order valence-corrected chi connectivity index (χ2v) is 12.1. The lowest BCUT2D eigenvalue weighted by atomic mass is 10.2. The Bertz CT molecular complexity index is 1010. The molecule has 0 saturated heterocycles. The molecule has 166 valence electrons. The number of nitrogens with one attached hydrogen (secondary N) is 2. The lowest BCUT2D eigenvalue weighted by Gasteiger charge is -2.08. The molecule has 30 heavy (non-hydrogen) atoms. The van der Waals surface area contributed by atoms with E-state index in [9.17, 15) is 16.8 Å². The van der Waals surface area contributed by atoms with Gasteiger partial charge in [-0.3, -0.25) is 0 Å². The average Bonchev–Trinajstić information content (AvgIpc) is 2.68. The van der Waals surface area contributed by atoms with Crippen molar-refractivity contribution in [3.05, 3.63) is 43.8 Å². The minimum atomic E-state index is -3.67. The fraction of sp³-hybridized carbons (Fsp3) is 0.375. The molecular formula is C16H18Br2Cl2N4O4S2. The summed E-state index contributed by atoms with van der Waals surface area (Å²) in [7, 11) is -7.33. The Labute approximate surface area is 202 Å². The molecule has 2 rings (SSSR count). The molecule has 8 nitrogen and oxygen atoms in total. The lowest BCUT2D eigenvalue weighted by molar-refractivity contribution is 0.562. The second kappa shape index (κ2) is 11.5. The maximum Gasteiger partial charge on any atom is 0.242 e. The number of sulfonamides is 2. The molecule has 0 radical (unpaired) electrons. The summed E-state index contributed by atoms with van der Waals surface area (Å²) in [6, 6.07) is 2.77. The smallest absolute Gasteiger partial charge is 0.242 e. The number of hydrogen-bond donors (Lipinski definition) is 2. The number of pyridine rings is 2. The summed E-state index contributed by atoms with van der Waals surface area (Å²) in [5.74, 6) is 0. The molecular weight excluding hydrogens is 607 g/mol. The van der Waals surface area contributed by atoms with Crippen LogP contribution < -0.4 is 9.44 Å². The van der Waals surface area contributed by atoms with Gasteiger partial charge in [-0.15, -0.1) is 0 Å². The van der Waals surface area contributed by atoms with E-state index in [4.69, 9.17) is 23.2 Å². The van der Waals surface area contributed by atoms with E-state index in [-0.39, 0.29) is 33.2 Å². The van der Waals surface area contributed by atoms with Gasteiger partial charge >= 0.3 is 0 Å². The van der Waals surface area contributed by atoms with Crippen molar-refractivity contribution in [1.82, 2.24) is 19.4 Å². The highest BCUT2D eigenvalue weighted by Gasteiger charge is 2.16. The zero-order valence-electron chi connectivity index (χ0n) is 15.4. The van der Waals surface area contributed by atoms with Crippen molar-refractivity contribution in [3.63, 3.8) is 0 Å². The summed E-state index contributed by atoms with van der Waals surface area (Å²) in [4.78, 5) is 7.66. The van der Waals surface area contributed by atoms with Gasteiger partial charge in [-0.25, -0.2) is 36.2 Å².